The first-order chi connectivity index (χ1) is 13.7. The van der Waals surface area contributed by atoms with Crippen LogP contribution in [0.2, 0.25) is 0 Å². The fourth-order valence-corrected chi connectivity index (χ4v) is 4.16. The van der Waals surface area contributed by atoms with Crippen molar-refractivity contribution in [1.82, 2.24) is 20.0 Å². The first-order valence-electron chi connectivity index (χ1n) is 10.8. The van der Waals surface area contributed by atoms with Crippen molar-refractivity contribution < 1.29 is 9.53 Å². The second kappa shape index (κ2) is 11.4. The number of likely N-dealkylation sites (tertiary alicyclic amines) is 1. The molecule has 2 aliphatic heterocycles. The molecular weight excluding hydrogens is 352 g/mol. The molecule has 1 N–H and O–H groups in total. The third-order valence-corrected chi connectivity index (χ3v) is 5.81. The summed E-state index contributed by atoms with van der Waals surface area (Å²) in [6.45, 7) is 12.1. The standard InChI is InChI=1S/C22H36N4O2/c1-2-28-16-15-24-11-13-26(14-12-24)22(27)23-17-21-9-6-10-25(19-21)18-20-7-4-3-5-8-20/h3-5,7-8,21H,2,6,9-19H2,1H3,(H,23,27)/t21-/m0/s1. The first-order valence-corrected chi connectivity index (χ1v) is 10.8. The molecule has 0 saturated carbocycles. The Bertz CT molecular complexity index is 575. The predicted molar refractivity (Wildman–Crippen MR) is 112 cm³/mol. The molecule has 0 bridgehead atoms. The molecule has 0 aliphatic carbocycles. The van der Waals surface area contributed by atoms with Crippen molar-refractivity contribution in [2.45, 2.75) is 26.3 Å². The zero-order chi connectivity index (χ0) is 19.6. The molecule has 2 aliphatic rings. The highest BCUT2D eigenvalue weighted by Gasteiger charge is 2.23. The molecule has 0 unspecified atom stereocenters. The quantitative estimate of drug-likeness (QED) is 0.694. The number of carbonyl (C=O) groups excluding carboxylic acids is 1. The second-order valence-corrected chi connectivity index (χ2v) is 7.94. The summed E-state index contributed by atoms with van der Waals surface area (Å²) in [7, 11) is 0. The van der Waals surface area contributed by atoms with Crippen molar-refractivity contribution in [3.8, 4) is 0 Å². The maximum Gasteiger partial charge on any atom is 0.317 e. The molecule has 3 rings (SSSR count). The molecule has 28 heavy (non-hydrogen) atoms. The van der Waals surface area contributed by atoms with E-state index in [1.807, 2.05) is 11.8 Å². The predicted octanol–water partition coefficient (Wildman–Crippen LogP) is 2.26. The number of amides is 2. The molecule has 2 heterocycles. The van der Waals surface area contributed by atoms with Crippen LogP contribution in [-0.2, 0) is 11.3 Å². The summed E-state index contributed by atoms with van der Waals surface area (Å²) in [6.07, 6.45) is 2.42. The minimum atomic E-state index is 0.102. The van der Waals surface area contributed by atoms with Crippen molar-refractivity contribution in [1.29, 1.82) is 0 Å². The van der Waals surface area contributed by atoms with Gasteiger partial charge in [-0.05, 0) is 37.8 Å². The van der Waals surface area contributed by atoms with Crippen molar-refractivity contribution in [2.75, 3.05) is 65.6 Å². The van der Waals surface area contributed by atoms with E-state index in [1.165, 1.54) is 18.4 Å². The van der Waals surface area contributed by atoms with Crippen LogP contribution in [0.5, 0.6) is 0 Å². The molecule has 0 spiro atoms. The maximum absolute atomic E-state index is 12.5. The molecule has 1 atom stereocenters. The topological polar surface area (TPSA) is 48.1 Å². The Balaban J connectivity index is 1.34. The van der Waals surface area contributed by atoms with Crippen LogP contribution in [0, 0.1) is 5.92 Å². The van der Waals surface area contributed by atoms with Gasteiger partial charge in [-0.3, -0.25) is 9.80 Å². The van der Waals surface area contributed by atoms with Crippen molar-refractivity contribution >= 4 is 6.03 Å². The molecule has 1 aromatic rings. The van der Waals surface area contributed by atoms with E-state index in [4.69, 9.17) is 4.74 Å². The van der Waals surface area contributed by atoms with E-state index in [2.05, 4.69) is 45.4 Å². The van der Waals surface area contributed by atoms with Crippen LogP contribution in [0.15, 0.2) is 30.3 Å². The summed E-state index contributed by atoms with van der Waals surface area (Å²) < 4.78 is 5.42. The lowest BCUT2D eigenvalue weighted by Gasteiger charge is -2.36. The zero-order valence-corrected chi connectivity index (χ0v) is 17.3. The van der Waals surface area contributed by atoms with E-state index in [1.54, 1.807) is 0 Å². The Morgan fingerprint density at radius 1 is 1.11 bits per heavy atom. The van der Waals surface area contributed by atoms with Gasteiger partial charge >= 0.3 is 6.03 Å². The zero-order valence-electron chi connectivity index (χ0n) is 17.3. The van der Waals surface area contributed by atoms with Gasteiger partial charge in [0.15, 0.2) is 0 Å². The van der Waals surface area contributed by atoms with Gasteiger partial charge in [-0.15, -0.1) is 0 Å². The van der Waals surface area contributed by atoms with E-state index in [0.29, 0.717) is 5.92 Å². The Hall–Kier alpha value is -1.63. The van der Waals surface area contributed by atoms with Crippen LogP contribution >= 0.6 is 0 Å². The van der Waals surface area contributed by atoms with Crippen LogP contribution in [0.1, 0.15) is 25.3 Å². The SMILES string of the molecule is CCOCCN1CCN(C(=O)NC[C@@H]2CCCN(Cc3ccccc3)C2)CC1. The number of benzene rings is 1. The summed E-state index contributed by atoms with van der Waals surface area (Å²) >= 11 is 0. The molecule has 6 nitrogen and oxygen atoms in total. The number of nitrogens with one attached hydrogen (secondary N) is 1. The van der Waals surface area contributed by atoms with E-state index >= 15 is 0 Å². The normalized spacial score (nSPS) is 21.6. The fraction of sp³-hybridized carbons (Fsp3) is 0.682. The summed E-state index contributed by atoms with van der Waals surface area (Å²) in [5, 5.41) is 3.19. The monoisotopic (exact) mass is 388 g/mol. The summed E-state index contributed by atoms with van der Waals surface area (Å²) in [6, 6.07) is 10.8. The van der Waals surface area contributed by atoms with Crippen LogP contribution in [0.4, 0.5) is 4.79 Å². The smallest absolute Gasteiger partial charge is 0.317 e. The lowest BCUT2D eigenvalue weighted by Crippen LogP contribution is -2.53. The summed E-state index contributed by atoms with van der Waals surface area (Å²) in [5.74, 6) is 0.550. The second-order valence-electron chi connectivity index (χ2n) is 7.94. The van der Waals surface area contributed by atoms with E-state index in [-0.39, 0.29) is 6.03 Å². The number of carbonyl (C=O) groups is 1. The van der Waals surface area contributed by atoms with Gasteiger partial charge in [-0.2, -0.15) is 0 Å². The molecule has 2 amide bonds. The molecule has 0 aromatic heterocycles. The van der Waals surface area contributed by atoms with Gasteiger partial charge in [0.05, 0.1) is 6.61 Å². The number of urea groups is 1. The van der Waals surface area contributed by atoms with E-state index in [9.17, 15) is 4.79 Å². The van der Waals surface area contributed by atoms with Crippen molar-refractivity contribution in [3.05, 3.63) is 35.9 Å². The summed E-state index contributed by atoms with van der Waals surface area (Å²) in [5.41, 5.74) is 1.37. The summed E-state index contributed by atoms with van der Waals surface area (Å²) in [4.78, 5) is 19.4. The van der Waals surface area contributed by atoms with Crippen LogP contribution < -0.4 is 5.32 Å². The fourth-order valence-electron chi connectivity index (χ4n) is 4.16. The van der Waals surface area contributed by atoms with E-state index in [0.717, 1.165) is 72.1 Å². The van der Waals surface area contributed by atoms with Crippen LogP contribution in [-0.4, -0.2) is 86.3 Å². The van der Waals surface area contributed by atoms with E-state index < -0.39 is 0 Å². The minimum Gasteiger partial charge on any atom is -0.380 e. The largest absolute Gasteiger partial charge is 0.380 e. The molecule has 2 fully saturated rings. The Morgan fingerprint density at radius 3 is 2.64 bits per heavy atom. The lowest BCUT2D eigenvalue weighted by atomic mass is 9.97. The number of piperazine rings is 1. The Morgan fingerprint density at radius 2 is 1.89 bits per heavy atom. The van der Waals surface area contributed by atoms with Crippen molar-refractivity contribution in [3.63, 3.8) is 0 Å². The van der Waals surface area contributed by atoms with Gasteiger partial charge in [0.25, 0.3) is 0 Å². The molecular formula is C22H36N4O2. The highest BCUT2D eigenvalue weighted by molar-refractivity contribution is 5.74. The average Bonchev–Trinajstić information content (AvgIpc) is 2.74. The van der Waals surface area contributed by atoms with Gasteiger partial charge < -0.3 is 15.0 Å². The first kappa shape index (κ1) is 21.1. The number of rotatable bonds is 8. The Kier molecular flexibility index (Phi) is 8.58. The molecule has 1 aromatic carbocycles. The average molecular weight is 389 g/mol. The van der Waals surface area contributed by atoms with Gasteiger partial charge in [-0.25, -0.2) is 4.79 Å². The third kappa shape index (κ3) is 6.76. The molecule has 2 saturated heterocycles. The Labute approximate surface area is 169 Å². The molecule has 0 radical (unpaired) electrons. The number of nitrogens with zero attached hydrogens (tertiary/aromatic N) is 3. The number of hydrogen-bond acceptors (Lipinski definition) is 4. The van der Waals surface area contributed by atoms with Crippen LogP contribution in [0.25, 0.3) is 0 Å². The highest BCUT2D eigenvalue weighted by atomic mass is 16.5. The van der Waals surface area contributed by atoms with Gasteiger partial charge in [0.2, 0.25) is 0 Å². The third-order valence-electron chi connectivity index (χ3n) is 5.81. The molecule has 6 heteroatoms. The number of hydrogen-bond donors (Lipinski definition) is 1. The number of piperidine rings is 1. The number of ether oxygens (including phenoxy) is 1. The minimum absolute atomic E-state index is 0.102. The molecule has 156 valence electrons. The maximum atomic E-state index is 12.5. The lowest BCUT2D eigenvalue weighted by molar-refractivity contribution is 0.0875. The van der Waals surface area contributed by atoms with Gasteiger partial charge in [0, 0.05) is 59.0 Å². The highest BCUT2D eigenvalue weighted by Crippen LogP contribution is 2.18. The van der Waals surface area contributed by atoms with Crippen molar-refractivity contribution in [2.24, 2.45) is 5.92 Å². The van der Waals surface area contributed by atoms with Crippen LogP contribution in [0.3, 0.4) is 0 Å². The van der Waals surface area contributed by atoms with Gasteiger partial charge in [0.1, 0.15) is 0 Å². The van der Waals surface area contributed by atoms with Gasteiger partial charge in [-0.1, -0.05) is 30.3 Å².